The average molecular weight is 494 g/mol. The molecule has 2 heterocycles. The number of allylic oxidation sites excluding steroid dienone is 2. The van der Waals surface area contributed by atoms with Crippen LogP contribution in [0.25, 0.3) is 16.9 Å². The number of hydrogen-bond donors (Lipinski definition) is 3. The fraction of sp³-hybridized carbons (Fsp3) is 0.393. The summed E-state index contributed by atoms with van der Waals surface area (Å²) in [5, 5.41) is 17.3. The van der Waals surface area contributed by atoms with Gasteiger partial charge in [-0.05, 0) is 49.4 Å². The SMILES string of the molecule is CC(=O)Nc1c(F)cc(-c2cccc(/C3=C/C(N4CCNCC4)=C/CCCO3)c2O)cc1OC1CC1. The van der Waals surface area contributed by atoms with Crippen molar-refractivity contribution in [2.24, 2.45) is 0 Å². The van der Waals surface area contributed by atoms with Gasteiger partial charge in [-0.1, -0.05) is 18.2 Å². The molecule has 36 heavy (non-hydrogen) atoms. The number of carbonyl (C=O) groups is 1. The summed E-state index contributed by atoms with van der Waals surface area (Å²) in [5.41, 5.74) is 2.57. The van der Waals surface area contributed by atoms with Crippen molar-refractivity contribution in [1.29, 1.82) is 0 Å². The number of rotatable bonds is 6. The largest absolute Gasteiger partial charge is 0.507 e. The van der Waals surface area contributed by atoms with Crippen molar-refractivity contribution in [2.75, 3.05) is 38.1 Å². The molecule has 3 N–H and O–H groups in total. The van der Waals surface area contributed by atoms with E-state index in [4.69, 9.17) is 9.47 Å². The highest BCUT2D eigenvalue weighted by atomic mass is 19.1. The van der Waals surface area contributed by atoms with Crippen molar-refractivity contribution in [2.45, 2.75) is 38.7 Å². The monoisotopic (exact) mass is 493 g/mol. The molecule has 1 saturated carbocycles. The average Bonchev–Trinajstić information content (AvgIpc) is 3.66. The van der Waals surface area contributed by atoms with E-state index in [9.17, 15) is 9.90 Å². The first-order chi connectivity index (χ1) is 17.5. The van der Waals surface area contributed by atoms with Gasteiger partial charge in [0, 0.05) is 50.4 Å². The van der Waals surface area contributed by atoms with Crippen LogP contribution in [0.5, 0.6) is 11.5 Å². The summed E-state index contributed by atoms with van der Waals surface area (Å²) in [7, 11) is 0. The van der Waals surface area contributed by atoms with Crippen LogP contribution in [-0.4, -0.2) is 54.8 Å². The molecule has 0 radical (unpaired) electrons. The Balaban J connectivity index is 1.53. The minimum absolute atomic E-state index is 0.00744. The number of nitrogens with one attached hydrogen (secondary N) is 2. The summed E-state index contributed by atoms with van der Waals surface area (Å²) in [5.74, 6) is -0.142. The Morgan fingerprint density at radius 2 is 2.00 bits per heavy atom. The molecule has 5 rings (SSSR count). The number of halogens is 1. The molecule has 8 heteroatoms. The van der Waals surface area contributed by atoms with Crippen LogP contribution in [0, 0.1) is 5.82 Å². The van der Waals surface area contributed by atoms with Gasteiger partial charge in [0.05, 0.1) is 18.3 Å². The Morgan fingerprint density at radius 3 is 2.75 bits per heavy atom. The Bertz CT molecular complexity index is 1200. The maximum Gasteiger partial charge on any atom is 0.221 e. The number of piperazine rings is 1. The van der Waals surface area contributed by atoms with Crippen molar-refractivity contribution < 1.29 is 23.8 Å². The first-order valence-corrected chi connectivity index (χ1v) is 12.6. The van der Waals surface area contributed by atoms with Crippen LogP contribution in [0.3, 0.4) is 0 Å². The highest BCUT2D eigenvalue weighted by molar-refractivity contribution is 5.92. The third-order valence-electron chi connectivity index (χ3n) is 6.51. The summed E-state index contributed by atoms with van der Waals surface area (Å²) in [6.07, 6.45) is 7.82. The second-order valence-corrected chi connectivity index (χ2v) is 9.40. The minimum atomic E-state index is -0.617. The highest BCUT2D eigenvalue weighted by Crippen LogP contribution is 2.42. The molecule has 2 aromatic carbocycles. The van der Waals surface area contributed by atoms with Crippen molar-refractivity contribution in [1.82, 2.24) is 10.2 Å². The number of anilines is 1. The number of nitrogens with zero attached hydrogens (tertiary/aromatic N) is 1. The third kappa shape index (κ3) is 5.49. The highest BCUT2D eigenvalue weighted by Gasteiger charge is 2.27. The molecular formula is C28H32FN3O4. The van der Waals surface area contributed by atoms with Crippen LogP contribution >= 0.6 is 0 Å². The van der Waals surface area contributed by atoms with Crippen LogP contribution < -0.4 is 15.4 Å². The van der Waals surface area contributed by atoms with Crippen LogP contribution in [-0.2, 0) is 9.53 Å². The second kappa shape index (κ2) is 10.6. The van der Waals surface area contributed by atoms with Crippen LogP contribution in [0.4, 0.5) is 10.1 Å². The number of carbonyl (C=O) groups excluding carboxylic acids is 1. The summed E-state index contributed by atoms with van der Waals surface area (Å²) < 4.78 is 27.2. The number of aromatic hydroxyl groups is 1. The van der Waals surface area contributed by atoms with Crippen molar-refractivity contribution in [3.63, 3.8) is 0 Å². The zero-order valence-electron chi connectivity index (χ0n) is 20.5. The fourth-order valence-electron chi connectivity index (χ4n) is 4.52. The Kier molecular flexibility index (Phi) is 7.13. The molecule has 3 aliphatic rings. The quantitative estimate of drug-likeness (QED) is 0.544. The Morgan fingerprint density at radius 1 is 1.22 bits per heavy atom. The lowest BCUT2D eigenvalue weighted by molar-refractivity contribution is -0.114. The van der Waals surface area contributed by atoms with E-state index in [0.717, 1.165) is 57.6 Å². The molecule has 2 fully saturated rings. The number of hydrogen-bond acceptors (Lipinski definition) is 6. The molecule has 0 spiro atoms. The zero-order valence-corrected chi connectivity index (χ0v) is 20.5. The molecule has 0 atom stereocenters. The summed E-state index contributed by atoms with van der Waals surface area (Å²) in [4.78, 5) is 14.0. The molecule has 190 valence electrons. The van der Waals surface area contributed by atoms with E-state index in [1.165, 1.54) is 13.0 Å². The summed E-state index contributed by atoms with van der Waals surface area (Å²) in [6.45, 7) is 5.53. The minimum Gasteiger partial charge on any atom is -0.507 e. The first kappa shape index (κ1) is 24.2. The Hall–Kier alpha value is -3.52. The molecule has 7 nitrogen and oxygen atoms in total. The normalized spacial score (nSPS) is 21.2. The van der Waals surface area contributed by atoms with E-state index in [1.54, 1.807) is 12.1 Å². The van der Waals surface area contributed by atoms with Gasteiger partial charge in [0.15, 0.2) is 5.82 Å². The summed E-state index contributed by atoms with van der Waals surface area (Å²) >= 11 is 0. The van der Waals surface area contributed by atoms with Crippen LogP contribution in [0.15, 0.2) is 48.2 Å². The van der Waals surface area contributed by atoms with Gasteiger partial charge >= 0.3 is 0 Å². The Labute approximate surface area is 210 Å². The van der Waals surface area contributed by atoms with Gasteiger partial charge in [-0.2, -0.15) is 0 Å². The second-order valence-electron chi connectivity index (χ2n) is 9.40. The molecule has 1 amide bonds. The molecule has 2 aromatic rings. The maximum absolute atomic E-state index is 15.1. The third-order valence-corrected chi connectivity index (χ3v) is 6.51. The van der Waals surface area contributed by atoms with Gasteiger partial charge in [0.1, 0.15) is 22.9 Å². The summed E-state index contributed by atoms with van der Waals surface area (Å²) in [6, 6.07) is 8.35. The van der Waals surface area contributed by atoms with E-state index in [1.807, 2.05) is 18.2 Å². The van der Waals surface area contributed by atoms with Gasteiger partial charge in [0.25, 0.3) is 0 Å². The van der Waals surface area contributed by atoms with Gasteiger partial charge in [-0.3, -0.25) is 4.79 Å². The van der Waals surface area contributed by atoms with Crippen LogP contribution in [0.1, 0.15) is 38.2 Å². The van der Waals surface area contributed by atoms with Crippen molar-refractivity contribution in [3.8, 4) is 22.6 Å². The van der Waals surface area contributed by atoms with Gasteiger partial charge < -0.3 is 30.1 Å². The maximum atomic E-state index is 15.1. The number of phenols is 1. The van der Waals surface area contributed by atoms with E-state index in [-0.39, 0.29) is 29.2 Å². The molecule has 1 aliphatic carbocycles. The smallest absolute Gasteiger partial charge is 0.221 e. The van der Waals surface area contributed by atoms with E-state index in [0.29, 0.717) is 29.1 Å². The number of phenolic OH excluding ortho intramolecular Hbond substituents is 1. The predicted octanol–water partition coefficient (Wildman–Crippen LogP) is 4.64. The van der Waals surface area contributed by atoms with Gasteiger partial charge in [-0.15, -0.1) is 0 Å². The number of amides is 1. The van der Waals surface area contributed by atoms with E-state index in [2.05, 4.69) is 21.6 Å². The number of benzene rings is 2. The van der Waals surface area contributed by atoms with E-state index < -0.39 is 5.82 Å². The topological polar surface area (TPSA) is 83.1 Å². The van der Waals surface area contributed by atoms with Crippen molar-refractivity contribution in [3.05, 3.63) is 59.6 Å². The molecule has 0 unspecified atom stereocenters. The first-order valence-electron chi connectivity index (χ1n) is 12.6. The lowest BCUT2D eigenvalue weighted by Crippen LogP contribution is -2.42. The van der Waals surface area contributed by atoms with Crippen molar-refractivity contribution >= 4 is 17.4 Å². The fourth-order valence-corrected chi connectivity index (χ4v) is 4.52. The van der Waals surface area contributed by atoms with Gasteiger partial charge in [-0.25, -0.2) is 4.39 Å². The molecular weight excluding hydrogens is 461 g/mol. The molecule has 0 aromatic heterocycles. The van der Waals surface area contributed by atoms with E-state index >= 15 is 4.39 Å². The standard InChI is InChI=1S/C28H32FN3O4/c1-18(33)31-27-24(29)15-19(16-26(27)36-21-8-9-21)22-6-4-7-23(28(22)34)25-17-20(5-2-3-14-35-25)32-12-10-30-11-13-32/h4-7,15-17,21,30,34H,2-3,8-14H2,1H3,(H,31,33)/b20-5-,25-17-. The molecule has 2 aliphatic heterocycles. The lowest BCUT2D eigenvalue weighted by Gasteiger charge is -2.31. The predicted molar refractivity (Wildman–Crippen MR) is 137 cm³/mol. The van der Waals surface area contributed by atoms with Crippen LogP contribution in [0.2, 0.25) is 0 Å². The van der Waals surface area contributed by atoms with Gasteiger partial charge in [0.2, 0.25) is 5.91 Å². The lowest BCUT2D eigenvalue weighted by atomic mass is 9.98. The number of ether oxygens (including phenoxy) is 2. The number of para-hydroxylation sites is 1. The molecule has 1 saturated heterocycles. The molecule has 0 bridgehead atoms. The zero-order chi connectivity index (χ0) is 25.1.